The number of pyridine rings is 2. The molecule has 0 amide bonds. The highest BCUT2D eigenvalue weighted by Gasteiger charge is 2.17. The van der Waals surface area contributed by atoms with E-state index in [4.69, 9.17) is 17.7 Å². The van der Waals surface area contributed by atoms with Crippen LogP contribution in [0.4, 0.5) is 0 Å². The summed E-state index contributed by atoms with van der Waals surface area (Å²) in [5.74, 6) is 0. The van der Waals surface area contributed by atoms with Crippen LogP contribution in [0.1, 0.15) is 0 Å². The van der Waals surface area contributed by atoms with Gasteiger partial charge in [-0.05, 0) is 142 Å². The topological polar surface area (TPSA) is 78.3 Å². The van der Waals surface area contributed by atoms with Gasteiger partial charge in [0, 0.05) is 44.7 Å². The summed E-state index contributed by atoms with van der Waals surface area (Å²) < 4.78 is 24.9. The molecule has 270 valence electrons. The van der Waals surface area contributed by atoms with Crippen LogP contribution in [0.3, 0.4) is 0 Å². The quantitative estimate of drug-likeness (QED) is 0.179. The van der Waals surface area contributed by atoms with Crippen LogP contribution < -0.4 is 0 Å². The smallest absolute Gasteiger partial charge is 0.153 e. The summed E-state index contributed by atoms with van der Waals surface area (Å²) in [6.07, 6.45) is 3.61. The van der Waals surface area contributed by atoms with Crippen molar-refractivity contribution < 1.29 is 17.7 Å². The molecular weight excluding hydrogens is 717 g/mol. The van der Waals surface area contributed by atoms with E-state index in [2.05, 4.69) is 131 Å². The fourth-order valence-electron chi connectivity index (χ4n) is 8.79. The zero-order valence-corrected chi connectivity index (χ0v) is 30.7. The molecule has 6 heterocycles. The molecule has 13 aromatic rings. The Hall–Kier alpha value is -7.96. The van der Waals surface area contributed by atoms with Crippen LogP contribution in [0.2, 0.25) is 0 Å². The predicted molar refractivity (Wildman–Crippen MR) is 233 cm³/mol. The zero-order chi connectivity index (χ0) is 37.9. The third-order valence-electron chi connectivity index (χ3n) is 11.6. The standard InChI is InChI=1S/C52H28N2O4/c1-2-6-36(34-14-20-46-40(28-34)38-24-30(10-16-44(38)56-46)32-12-18-48-42(26-32)52-50(58-48)8-4-22-54-52)35(5-1)33-13-19-45-39(27-33)37-23-29(9-15-43(37)55-45)31-11-17-47-41(25-31)51-49(57-47)7-3-21-53-51/h1-28H. The van der Waals surface area contributed by atoms with Crippen LogP contribution in [-0.4, -0.2) is 9.97 Å². The van der Waals surface area contributed by atoms with Gasteiger partial charge in [0.25, 0.3) is 0 Å². The maximum absolute atomic E-state index is 6.38. The molecule has 6 nitrogen and oxygen atoms in total. The molecule has 0 fully saturated rings. The van der Waals surface area contributed by atoms with Gasteiger partial charge in [-0.2, -0.15) is 0 Å². The van der Waals surface area contributed by atoms with Crippen molar-refractivity contribution in [3.05, 3.63) is 170 Å². The molecule has 0 saturated heterocycles. The second kappa shape index (κ2) is 11.8. The first-order valence-electron chi connectivity index (χ1n) is 19.3. The van der Waals surface area contributed by atoms with Gasteiger partial charge in [0.1, 0.15) is 44.5 Å². The molecule has 6 heteroatoms. The average molecular weight is 745 g/mol. The number of hydrogen-bond acceptors (Lipinski definition) is 6. The molecule has 13 rings (SSSR count). The molecule has 6 aromatic heterocycles. The highest BCUT2D eigenvalue weighted by molar-refractivity contribution is 6.11. The number of nitrogens with zero attached hydrogens (tertiary/aromatic N) is 2. The van der Waals surface area contributed by atoms with Gasteiger partial charge in [-0.1, -0.05) is 60.7 Å². The lowest BCUT2D eigenvalue weighted by molar-refractivity contribution is 0.668. The first-order valence-corrected chi connectivity index (χ1v) is 19.3. The van der Waals surface area contributed by atoms with Crippen molar-refractivity contribution in [2.24, 2.45) is 0 Å². The van der Waals surface area contributed by atoms with Crippen LogP contribution >= 0.6 is 0 Å². The van der Waals surface area contributed by atoms with E-state index in [-0.39, 0.29) is 0 Å². The fourth-order valence-corrected chi connectivity index (χ4v) is 8.79. The van der Waals surface area contributed by atoms with Gasteiger partial charge in [-0.15, -0.1) is 0 Å². The molecule has 58 heavy (non-hydrogen) atoms. The minimum Gasteiger partial charge on any atom is -0.456 e. The van der Waals surface area contributed by atoms with Crippen molar-refractivity contribution in [2.75, 3.05) is 0 Å². The number of rotatable bonds is 4. The van der Waals surface area contributed by atoms with E-state index in [1.807, 2.05) is 36.4 Å². The Morgan fingerprint density at radius 2 is 0.569 bits per heavy atom. The highest BCUT2D eigenvalue weighted by atomic mass is 16.3. The van der Waals surface area contributed by atoms with E-state index in [1.54, 1.807) is 12.4 Å². The Morgan fingerprint density at radius 3 is 0.966 bits per heavy atom. The van der Waals surface area contributed by atoms with Crippen molar-refractivity contribution in [2.45, 2.75) is 0 Å². The van der Waals surface area contributed by atoms with Crippen molar-refractivity contribution in [3.8, 4) is 44.5 Å². The summed E-state index contributed by atoms with van der Waals surface area (Å²) in [4.78, 5) is 9.18. The van der Waals surface area contributed by atoms with Gasteiger partial charge >= 0.3 is 0 Å². The molecule has 0 atom stereocenters. The Kier molecular flexibility index (Phi) is 6.35. The lowest BCUT2D eigenvalue weighted by Gasteiger charge is -2.11. The van der Waals surface area contributed by atoms with Crippen molar-refractivity contribution in [3.63, 3.8) is 0 Å². The summed E-state index contributed by atoms with van der Waals surface area (Å²) in [6, 6.07) is 54.8. The molecule has 0 aliphatic rings. The number of fused-ring (bicyclic) bond motifs is 12. The lowest BCUT2D eigenvalue weighted by Crippen LogP contribution is -1.85. The van der Waals surface area contributed by atoms with Gasteiger partial charge in [-0.3, -0.25) is 9.97 Å². The molecule has 0 aliphatic heterocycles. The van der Waals surface area contributed by atoms with Crippen LogP contribution in [0.25, 0.3) is 133 Å². The van der Waals surface area contributed by atoms with Crippen LogP contribution in [0, 0.1) is 0 Å². The highest BCUT2D eigenvalue weighted by Crippen LogP contribution is 2.41. The maximum Gasteiger partial charge on any atom is 0.153 e. The molecule has 0 bridgehead atoms. The van der Waals surface area contributed by atoms with E-state index in [9.17, 15) is 0 Å². The molecule has 0 spiro atoms. The summed E-state index contributed by atoms with van der Waals surface area (Å²) in [5.41, 5.74) is 17.3. The Bertz CT molecular complexity index is 3570. The molecule has 0 radical (unpaired) electrons. The second-order valence-electron chi connectivity index (χ2n) is 14.9. The molecule has 0 aliphatic carbocycles. The lowest BCUT2D eigenvalue weighted by atomic mass is 9.92. The number of aromatic nitrogens is 2. The maximum atomic E-state index is 6.38. The zero-order valence-electron chi connectivity index (χ0n) is 30.7. The summed E-state index contributed by atoms with van der Waals surface area (Å²) >= 11 is 0. The predicted octanol–water partition coefficient (Wildman–Crippen LogP) is 14.7. The Labute approximate surface area is 329 Å². The third kappa shape index (κ3) is 4.66. The van der Waals surface area contributed by atoms with Gasteiger partial charge in [0.05, 0.1) is 0 Å². The average Bonchev–Trinajstić information content (AvgIpc) is 4.05. The van der Waals surface area contributed by atoms with Crippen LogP contribution in [-0.2, 0) is 0 Å². The summed E-state index contributed by atoms with van der Waals surface area (Å²) in [7, 11) is 0. The monoisotopic (exact) mass is 744 g/mol. The molecule has 0 unspecified atom stereocenters. The number of hydrogen-bond donors (Lipinski definition) is 0. The van der Waals surface area contributed by atoms with Crippen molar-refractivity contribution >= 4 is 88.0 Å². The first-order chi connectivity index (χ1) is 28.7. The van der Waals surface area contributed by atoms with Crippen molar-refractivity contribution in [1.29, 1.82) is 0 Å². The van der Waals surface area contributed by atoms with Crippen molar-refractivity contribution in [1.82, 2.24) is 9.97 Å². The Morgan fingerprint density at radius 1 is 0.259 bits per heavy atom. The largest absolute Gasteiger partial charge is 0.456 e. The molecule has 0 N–H and O–H groups in total. The fraction of sp³-hybridized carbons (Fsp3) is 0. The van der Waals surface area contributed by atoms with E-state index >= 15 is 0 Å². The molecule has 7 aromatic carbocycles. The van der Waals surface area contributed by atoms with Gasteiger partial charge < -0.3 is 17.7 Å². The van der Waals surface area contributed by atoms with E-state index in [0.29, 0.717) is 0 Å². The number of benzene rings is 7. The van der Waals surface area contributed by atoms with Gasteiger partial charge in [0.15, 0.2) is 11.2 Å². The second-order valence-corrected chi connectivity index (χ2v) is 14.9. The normalized spacial score (nSPS) is 12.1. The summed E-state index contributed by atoms with van der Waals surface area (Å²) in [5, 5.41) is 6.29. The Balaban J connectivity index is 0.903. The third-order valence-corrected chi connectivity index (χ3v) is 11.6. The number of furan rings is 4. The minimum absolute atomic E-state index is 0.790. The van der Waals surface area contributed by atoms with E-state index in [1.165, 1.54) is 0 Å². The van der Waals surface area contributed by atoms with Crippen LogP contribution in [0.15, 0.2) is 188 Å². The van der Waals surface area contributed by atoms with Gasteiger partial charge in [0.2, 0.25) is 0 Å². The molecule has 0 saturated carbocycles. The van der Waals surface area contributed by atoms with E-state index < -0.39 is 0 Å². The SMILES string of the molecule is c1ccc(-c2ccc3oc4ccc(-c5ccc6oc7cccnc7c6c5)cc4c3c2)c(-c2ccc3oc4ccc(-c5ccc6oc7cccnc7c6c5)cc4c3c2)c1. The van der Waals surface area contributed by atoms with Crippen LogP contribution in [0.5, 0.6) is 0 Å². The van der Waals surface area contributed by atoms with Gasteiger partial charge in [-0.25, -0.2) is 0 Å². The van der Waals surface area contributed by atoms with E-state index in [0.717, 1.165) is 133 Å². The molecular formula is C52H28N2O4. The first kappa shape index (κ1) is 31.3. The minimum atomic E-state index is 0.790. The summed E-state index contributed by atoms with van der Waals surface area (Å²) in [6.45, 7) is 0.